The summed E-state index contributed by atoms with van der Waals surface area (Å²) in [4.78, 5) is 23.4. The number of nitro benzene ring substituents is 1. The molecule has 0 aliphatic carbocycles. The van der Waals surface area contributed by atoms with Crippen LogP contribution in [0.1, 0.15) is 40.9 Å². The lowest BCUT2D eigenvalue weighted by Crippen LogP contribution is -2.30. The van der Waals surface area contributed by atoms with Crippen LogP contribution < -0.4 is 5.32 Å². The summed E-state index contributed by atoms with van der Waals surface area (Å²) in [7, 11) is -3.69. The van der Waals surface area contributed by atoms with Gasteiger partial charge in [0.2, 0.25) is 10.0 Å². The Hall–Kier alpha value is -2.78. The number of nitrogens with zero attached hydrogens (tertiary/aromatic N) is 2. The van der Waals surface area contributed by atoms with Gasteiger partial charge in [-0.15, -0.1) is 0 Å². The van der Waals surface area contributed by atoms with Crippen LogP contribution in [-0.2, 0) is 10.0 Å². The zero-order chi connectivity index (χ0) is 21.9. The Balaban J connectivity index is 2.46. The quantitative estimate of drug-likeness (QED) is 0.542. The SMILES string of the molecule is CCN(CC)S(=O)(=O)c1cc(C)c(C)c(NC(=O)c2ccc(C)c([N+](=O)[O-])c2)c1. The number of hydrogen-bond acceptors (Lipinski definition) is 5. The maximum atomic E-state index is 12.9. The van der Waals surface area contributed by atoms with Crippen molar-refractivity contribution in [2.45, 2.75) is 39.5 Å². The predicted octanol–water partition coefficient (Wildman–Crippen LogP) is 3.80. The monoisotopic (exact) mass is 419 g/mol. The van der Waals surface area contributed by atoms with Gasteiger partial charge in [-0.25, -0.2) is 8.42 Å². The third-order valence-corrected chi connectivity index (χ3v) is 6.93. The minimum atomic E-state index is -3.69. The van der Waals surface area contributed by atoms with Gasteiger partial charge in [-0.3, -0.25) is 14.9 Å². The third kappa shape index (κ3) is 4.63. The van der Waals surface area contributed by atoms with E-state index in [4.69, 9.17) is 0 Å². The zero-order valence-electron chi connectivity index (χ0n) is 17.1. The van der Waals surface area contributed by atoms with Gasteiger partial charge in [0.05, 0.1) is 9.82 Å². The molecule has 2 aromatic carbocycles. The maximum Gasteiger partial charge on any atom is 0.273 e. The van der Waals surface area contributed by atoms with Crippen molar-refractivity contribution in [1.82, 2.24) is 4.31 Å². The highest BCUT2D eigenvalue weighted by molar-refractivity contribution is 7.89. The van der Waals surface area contributed by atoms with Gasteiger partial charge in [-0.05, 0) is 50.1 Å². The van der Waals surface area contributed by atoms with E-state index in [1.165, 1.54) is 28.6 Å². The highest BCUT2D eigenvalue weighted by Gasteiger charge is 2.24. The molecule has 1 amide bonds. The fourth-order valence-electron chi connectivity index (χ4n) is 2.96. The molecule has 0 radical (unpaired) electrons. The Labute approximate surface area is 170 Å². The lowest BCUT2D eigenvalue weighted by molar-refractivity contribution is -0.385. The number of aryl methyl sites for hydroxylation is 2. The van der Waals surface area contributed by atoms with E-state index in [9.17, 15) is 23.3 Å². The van der Waals surface area contributed by atoms with Gasteiger partial charge in [-0.1, -0.05) is 19.9 Å². The van der Waals surface area contributed by atoms with Gasteiger partial charge >= 0.3 is 0 Å². The first-order chi connectivity index (χ1) is 13.5. The van der Waals surface area contributed by atoms with E-state index in [1.54, 1.807) is 40.7 Å². The number of carbonyl (C=O) groups excluding carboxylic acids is 1. The molecule has 1 N–H and O–H groups in total. The summed E-state index contributed by atoms with van der Waals surface area (Å²) in [5.74, 6) is -0.548. The molecule has 2 aromatic rings. The molecule has 0 spiro atoms. The molecule has 0 unspecified atom stereocenters. The average Bonchev–Trinajstić information content (AvgIpc) is 2.65. The number of nitrogens with one attached hydrogen (secondary N) is 1. The van der Waals surface area contributed by atoms with Crippen LogP contribution in [0, 0.1) is 30.9 Å². The molecule has 0 fully saturated rings. The second kappa shape index (κ2) is 8.71. The van der Waals surface area contributed by atoms with Crippen molar-refractivity contribution >= 4 is 27.3 Å². The Kier molecular flexibility index (Phi) is 6.76. The highest BCUT2D eigenvalue weighted by Crippen LogP contribution is 2.27. The Morgan fingerprint density at radius 2 is 1.69 bits per heavy atom. The Bertz CT molecular complexity index is 1060. The first-order valence-electron chi connectivity index (χ1n) is 9.20. The van der Waals surface area contributed by atoms with Gasteiger partial charge in [-0.2, -0.15) is 4.31 Å². The average molecular weight is 420 g/mol. The molecule has 0 aromatic heterocycles. The van der Waals surface area contributed by atoms with Crippen LogP contribution in [0.4, 0.5) is 11.4 Å². The van der Waals surface area contributed by atoms with Crippen LogP contribution in [0.25, 0.3) is 0 Å². The number of hydrogen-bond donors (Lipinski definition) is 1. The molecule has 2 rings (SSSR count). The molecular formula is C20H25N3O5S. The molecule has 0 aliphatic heterocycles. The van der Waals surface area contributed by atoms with E-state index in [-0.39, 0.29) is 16.1 Å². The van der Waals surface area contributed by atoms with E-state index >= 15 is 0 Å². The van der Waals surface area contributed by atoms with Gasteiger partial charge in [0.25, 0.3) is 11.6 Å². The molecule has 156 valence electrons. The number of nitro groups is 1. The summed E-state index contributed by atoms with van der Waals surface area (Å²) in [6.07, 6.45) is 0. The summed E-state index contributed by atoms with van der Waals surface area (Å²) >= 11 is 0. The van der Waals surface area contributed by atoms with E-state index in [2.05, 4.69) is 5.32 Å². The first-order valence-corrected chi connectivity index (χ1v) is 10.6. The predicted molar refractivity (Wildman–Crippen MR) is 112 cm³/mol. The Morgan fingerprint density at radius 3 is 2.24 bits per heavy atom. The second-order valence-corrected chi connectivity index (χ2v) is 8.65. The van der Waals surface area contributed by atoms with Crippen LogP contribution in [0.15, 0.2) is 35.2 Å². The lowest BCUT2D eigenvalue weighted by atomic mass is 10.1. The van der Waals surface area contributed by atoms with E-state index < -0.39 is 20.9 Å². The largest absolute Gasteiger partial charge is 0.322 e. The van der Waals surface area contributed by atoms with Crippen molar-refractivity contribution in [3.05, 3.63) is 62.7 Å². The molecule has 8 nitrogen and oxygen atoms in total. The summed E-state index contributed by atoms with van der Waals surface area (Å²) < 4.78 is 27.1. The van der Waals surface area contributed by atoms with Crippen molar-refractivity contribution < 1.29 is 18.1 Å². The molecule has 0 atom stereocenters. The topological polar surface area (TPSA) is 110 Å². The maximum absolute atomic E-state index is 12.9. The number of sulfonamides is 1. The van der Waals surface area contributed by atoms with Crippen molar-refractivity contribution in [3.63, 3.8) is 0 Å². The van der Waals surface area contributed by atoms with Crippen LogP contribution in [0.3, 0.4) is 0 Å². The summed E-state index contributed by atoms with van der Waals surface area (Å²) in [6, 6.07) is 7.22. The molecular weight excluding hydrogens is 394 g/mol. The van der Waals surface area contributed by atoms with Gasteiger partial charge in [0.15, 0.2) is 0 Å². The summed E-state index contributed by atoms with van der Waals surface area (Å²) in [5.41, 5.74) is 2.21. The van der Waals surface area contributed by atoms with Gasteiger partial charge in [0.1, 0.15) is 0 Å². The fraction of sp³-hybridized carbons (Fsp3) is 0.350. The molecule has 0 aliphatic rings. The zero-order valence-corrected chi connectivity index (χ0v) is 18.0. The number of benzene rings is 2. The number of rotatable bonds is 7. The Morgan fingerprint density at radius 1 is 1.07 bits per heavy atom. The van der Waals surface area contributed by atoms with Crippen molar-refractivity contribution in [3.8, 4) is 0 Å². The number of carbonyl (C=O) groups is 1. The minimum Gasteiger partial charge on any atom is -0.322 e. The van der Waals surface area contributed by atoms with Crippen LogP contribution >= 0.6 is 0 Å². The van der Waals surface area contributed by atoms with E-state index in [0.717, 1.165) is 5.56 Å². The van der Waals surface area contributed by atoms with Crippen molar-refractivity contribution in [1.29, 1.82) is 0 Å². The van der Waals surface area contributed by atoms with Gasteiger partial charge < -0.3 is 5.32 Å². The molecule has 29 heavy (non-hydrogen) atoms. The normalized spacial score (nSPS) is 11.5. The summed E-state index contributed by atoms with van der Waals surface area (Å²) in [5, 5.41) is 13.8. The molecule has 0 bridgehead atoms. The van der Waals surface area contributed by atoms with Crippen molar-refractivity contribution in [2.24, 2.45) is 0 Å². The summed E-state index contributed by atoms with van der Waals surface area (Å²) in [6.45, 7) is 9.32. The van der Waals surface area contributed by atoms with E-state index in [0.29, 0.717) is 29.9 Å². The van der Waals surface area contributed by atoms with Gasteiger partial charge in [0, 0.05) is 36.0 Å². The standard InChI is InChI=1S/C20H25N3O5S/c1-6-22(7-2)29(27,28)17-10-14(4)15(5)18(12-17)21-20(24)16-9-8-13(3)19(11-16)23(25)26/h8-12H,6-7H2,1-5H3,(H,21,24). The smallest absolute Gasteiger partial charge is 0.273 e. The van der Waals surface area contributed by atoms with E-state index in [1.807, 2.05) is 0 Å². The molecule has 9 heteroatoms. The molecule has 0 saturated heterocycles. The van der Waals surface area contributed by atoms with Crippen LogP contribution in [-0.4, -0.2) is 36.6 Å². The number of anilines is 1. The molecule has 0 saturated carbocycles. The van der Waals surface area contributed by atoms with Crippen molar-refractivity contribution in [2.75, 3.05) is 18.4 Å². The lowest BCUT2D eigenvalue weighted by Gasteiger charge is -2.20. The first kappa shape index (κ1) is 22.5. The third-order valence-electron chi connectivity index (χ3n) is 4.90. The minimum absolute atomic E-state index is 0.0921. The fourth-order valence-corrected chi connectivity index (χ4v) is 4.53. The van der Waals surface area contributed by atoms with Crippen LogP contribution in [0.5, 0.6) is 0 Å². The molecule has 0 heterocycles. The number of amides is 1. The second-order valence-electron chi connectivity index (χ2n) is 6.71. The highest BCUT2D eigenvalue weighted by atomic mass is 32.2. The van der Waals surface area contributed by atoms with Crippen LogP contribution in [0.2, 0.25) is 0 Å².